The monoisotopic (exact) mass is 321 g/mol. The normalized spacial score (nSPS) is 10.3. The first-order valence-corrected chi connectivity index (χ1v) is 6.86. The molecule has 1 heterocycles. The zero-order chi connectivity index (χ0) is 13.8. The molecule has 1 aromatic carbocycles. The molecule has 0 fully saturated rings. The third-order valence-electron chi connectivity index (χ3n) is 2.88. The zero-order valence-corrected chi connectivity index (χ0v) is 12.8. The molecule has 0 aliphatic heterocycles. The van der Waals surface area contributed by atoms with Crippen LogP contribution in [0.15, 0.2) is 28.9 Å². The number of halogens is 1. The Hall–Kier alpha value is -1.62. The van der Waals surface area contributed by atoms with Crippen LogP contribution < -0.4 is 10.1 Å². The van der Waals surface area contributed by atoms with Gasteiger partial charge in [0.05, 0.1) is 17.8 Å². The maximum atomic E-state index is 5.15. The summed E-state index contributed by atoms with van der Waals surface area (Å²) in [7, 11) is 1.58. The largest absolute Gasteiger partial charge is 0.480 e. The summed E-state index contributed by atoms with van der Waals surface area (Å²) in [5, 5.41) is 3.17. The Morgan fingerprint density at radius 1 is 1.37 bits per heavy atom. The van der Waals surface area contributed by atoms with Gasteiger partial charge in [-0.05, 0) is 52.5 Å². The summed E-state index contributed by atoms with van der Waals surface area (Å²) in [4.78, 5) is 8.47. The number of anilines is 2. The van der Waals surface area contributed by atoms with Crippen LogP contribution in [0.25, 0.3) is 0 Å². The third kappa shape index (κ3) is 3.23. The Kier molecular flexibility index (Phi) is 4.37. The van der Waals surface area contributed by atoms with Gasteiger partial charge >= 0.3 is 0 Å². The molecular weight excluding hydrogens is 306 g/mol. The fourth-order valence-corrected chi connectivity index (χ4v) is 2.21. The van der Waals surface area contributed by atoms with Gasteiger partial charge in [0.1, 0.15) is 0 Å². The number of aromatic nitrogens is 2. The highest BCUT2D eigenvalue weighted by Gasteiger charge is 2.06. The second-order valence-corrected chi connectivity index (χ2v) is 5.02. The van der Waals surface area contributed by atoms with Gasteiger partial charge in [0, 0.05) is 5.69 Å². The number of nitrogens with one attached hydrogen (secondary N) is 1. The van der Waals surface area contributed by atoms with Crippen molar-refractivity contribution in [2.75, 3.05) is 12.4 Å². The molecule has 0 aliphatic rings. The second-order valence-electron chi connectivity index (χ2n) is 4.17. The minimum atomic E-state index is 0.513. The van der Waals surface area contributed by atoms with E-state index < -0.39 is 0 Å². The van der Waals surface area contributed by atoms with E-state index in [2.05, 4.69) is 57.2 Å². The van der Waals surface area contributed by atoms with Gasteiger partial charge in [0.25, 0.3) is 0 Å². The quantitative estimate of drug-likeness (QED) is 0.928. The van der Waals surface area contributed by atoms with Crippen molar-refractivity contribution >= 4 is 27.6 Å². The smallest absolute Gasteiger partial charge is 0.232 e. The summed E-state index contributed by atoms with van der Waals surface area (Å²) in [6.07, 6.45) is 2.70. The van der Waals surface area contributed by atoms with E-state index in [0.717, 1.165) is 16.6 Å². The molecule has 1 aromatic heterocycles. The number of nitrogens with zero attached hydrogens (tertiary/aromatic N) is 2. The molecule has 0 atom stereocenters. The average molecular weight is 322 g/mol. The number of hydrogen-bond acceptors (Lipinski definition) is 4. The van der Waals surface area contributed by atoms with E-state index in [0.29, 0.717) is 11.8 Å². The Labute approximate surface area is 121 Å². The fraction of sp³-hybridized carbons (Fsp3) is 0.286. The highest BCUT2D eigenvalue weighted by molar-refractivity contribution is 9.10. The Balaban J connectivity index is 2.23. The van der Waals surface area contributed by atoms with E-state index in [1.165, 1.54) is 11.1 Å². The number of hydrogen-bond donors (Lipinski definition) is 1. The van der Waals surface area contributed by atoms with Gasteiger partial charge in [-0.25, -0.2) is 4.98 Å². The first-order valence-electron chi connectivity index (χ1n) is 6.07. The summed E-state index contributed by atoms with van der Waals surface area (Å²) in [6.45, 7) is 4.26. The molecule has 0 saturated carbocycles. The summed E-state index contributed by atoms with van der Waals surface area (Å²) in [5.41, 5.74) is 3.58. The van der Waals surface area contributed by atoms with E-state index in [-0.39, 0.29) is 0 Å². The molecule has 4 nitrogen and oxygen atoms in total. The van der Waals surface area contributed by atoms with Crippen LogP contribution in [0.1, 0.15) is 18.1 Å². The maximum absolute atomic E-state index is 5.15. The number of methoxy groups -OCH3 is 1. The molecular formula is C14H16BrN3O. The highest BCUT2D eigenvalue weighted by atomic mass is 79.9. The van der Waals surface area contributed by atoms with E-state index in [1.807, 2.05) is 6.07 Å². The molecule has 0 radical (unpaired) electrons. The Bertz CT molecular complexity index is 587. The Morgan fingerprint density at radius 3 is 2.79 bits per heavy atom. The van der Waals surface area contributed by atoms with Crippen molar-refractivity contribution in [2.24, 2.45) is 0 Å². The molecule has 2 aromatic rings. The van der Waals surface area contributed by atoms with E-state index in [9.17, 15) is 0 Å². The highest BCUT2D eigenvalue weighted by Crippen LogP contribution is 2.24. The van der Waals surface area contributed by atoms with Gasteiger partial charge < -0.3 is 10.1 Å². The van der Waals surface area contributed by atoms with Crippen molar-refractivity contribution in [1.82, 2.24) is 9.97 Å². The van der Waals surface area contributed by atoms with E-state index >= 15 is 0 Å². The van der Waals surface area contributed by atoms with Gasteiger partial charge in [0.15, 0.2) is 0 Å². The van der Waals surface area contributed by atoms with E-state index in [4.69, 9.17) is 4.74 Å². The van der Waals surface area contributed by atoms with Crippen LogP contribution in [-0.4, -0.2) is 17.1 Å². The van der Waals surface area contributed by atoms with Crippen molar-refractivity contribution in [2.45, 2.75) is 20.3 Å². The Morgan fingerprint density at radius 2 is 2.16 bits per heavy atom. The van der Waals surface area contributed by atoms with E-state index in [1.54, 1.807) is 13.3 Å². The first-order chi connectivity index (χ1) is 9.13. The molecule has 0 aliphatic carbocycles. The minimum absolute atomic E-state index is 0.513. The number of benzene rings is 1. The molecule has 0 saturated heterocycles. The van der Waals surface area contributed by atoms with Crippen LogP contribution in [0.2, 0.25) is 0 Å². The molecule has 5 heteroatoms. The van der Waals surface area contributed by atoms with Crippen molar-refractivity contribution < 1.29 is 4.74 Å². The first kappa shape index (κ1) is 13.8. The van der Waals surface area contributed by atoms with Gasteiger partial charge in [-0.1, -0.05) is 13.0 Å². The van der Waals surface area contributed by atoms with Crippen molar-refractivity contribution in [3.63, 3.8) is 0 Å². The van der Waals surface area contributed by atoms with Crippen LogP contribution in [-0.2, 0) is 6.42 Å². The lowest BCUT2D eigenvalue weighted by Gasteiger charge is -2.09. The molecule has 19 heavy (non-hydrogen) atoms. The van der Waals surface area contributed by atoms with Crippen LogP contribution in [0.3, 0.4) is 0 Å². The number of aryl methyl sites for hydroxylation is 2. The van der Waals surface area contributed by atoms with Gasteiger partial charge in [0.2, 0.25) is 11.8 Å². The van der Waals surface area contributed by atoms with Gasteiger partial charge in [-0.15, -0.1) is 0 Å². The topological polar surface area (TPSA) is 47.0 Å². The van der Waals surface area contributed by atoms with Gasteiger partial charge in [-0.3, -0.25) is 0 Å². The summed E-state index contributed by atoms with van der Waals surface area (Å²) < 4.78 is 5.88. The molecule has 1 N–H and O–H groups in total. The van der Waals surface area contributed by atoms with Crippen LogP contribution in [0.5, 0.6) is 5.88 Å². The predicted molar refractivity (Wildman–Crippen MR) is 80.1 cm³/mol. The molecule has 2 rings (SSSR count). The lowest BCUT2D eigenvalue weighted by molar-refractivity contribution is 0.394. The van der Waals surface area contributed by atoms with Crippen LogP contribution >= 0.6 is 15.9 Å². The number of rotatable bonds is 4. The molecule has 100 valence electrons. The maximum Gasteiger partial charge on any atom is 0.232 e. The fourth-order valence-electron chi connectivity index (χ4n) is 1.85. The third-order valence-corrected chi connectivity index (χ3v) is 3.43. The van der Waals surface area contributed by atoms with Crippen LogP contribution in [0, 0.1) is 6.92 Å². The van der Waals surface area contributed by atoms with Crippen LogP contribution in [0.4, 0.5) is 11.6 Å². The predicted octanol–water partition coefficient (Wildman–Crippen LogP) is 3.86. The average Bonchev–Trinajstić information content (AvgIpc) is 2.41. The summed E-state index contributed by atoms with van der Waals surface area (Å²) in [6, 6.07) is 6.24. The SMILES string of the molecule is CCc1ccc(Nc2ncc(Br)c(OC)n2)cc1C. The van der Waals surface area contributed by atoms with Crippen molar-refractivity contribution in [3.8, 4) is 5.88 Å². The lowest BCUT2D eigenvalue weighted by Crippen LogP contribution is -2.00. The molecule has 0 bridgehead atoms. The lowest BCUT2D eigenvalue weighted by atomic mass is 10.1. The van der Waals surface area contributed by atoms with Gasteiger partial charge in [-0.2, -0.15) is 4.98 Å². The van der Waals surface area contributed by atoms with Crippen molar-refractivity contribution in [3.05, 3.63) is 40.0 Å². The summed E-state index contributed by atoms with van der Waals surface area (Å²) >= 11 is 3.33. The molecule has 0 amide bonds. The summed E-state index contributed by atoms with van der Waals surface area (Å²) in [5.74, 6) is 1.03. The zero-order valence-electron chi connectivity index (χ0n) is 11.2. The van der Waals surface area contributed by atoms with Crippen molar-refractivity contribution in [1.29, 1.82) is 0 Å². The number of ether oxygens (including phenoxy) is 1. The minimum Gasteiger partial charge on any atom is -0.480 e. The molecule has 0 spiro atoms. The molecule has 0 unspecified atom stereocenters. The standard InChI is InChI=1S/C14H16BrN3O/c1-4-10-5-6-11(7-9(10)2)17-14-16-8-12(15)13(18-14)19-3/h5-8H,4H2,1-3H3,(H,16,17,18). The second kappa shape index (κ2) is 6.02.